The van der Waals surface area contributed by atoms with Crippen LogP contribution in [0.1, 0.15) is 37.8 Å². The van der Waals surface area contributed by atoms with Crippen LogP contribution in [0.25, 0.3) is 0 Å². The summed E-state index contributed by atoms with van der Waals surface area (Å²) in [5, 5.41) is 39.5. The Morgan fingerprint density at radius 3 is 1.41 bits per heavy atom. The molecule has 2 aromatic rings. The van der Waals surface area contributed by atoms with E-state index in [-0.39, 0.29) is 39.8 Å². The third-order valence-electron chi connectivity index (χ3n) is 4.14. The molecule has 1 radical (unpaired) electrons. The summed E-state index contributed by atoms with van der Waals surface area (Å²) in [6.07, 6.45) is 1.59. The van der Waals surface area contributed by atoms with Gasteiger partial charge < -0.3 is 20.4 Å². The zero-order chi connectivity index (χ0) is 20.8. The summed E-state index contributed by atoms with van der Waals surface area (Å²) in [5.74, 6) is 0.217. The van der Waals surface area contributed by atoms with Crippen LogP contribution in [-0.4, -0.2) is 44.9 Å². The summed E-state index contributed by atoms with van der Waals surface area (Å²) < 4.78 is 0.840. The van der Waals surface area contributed by atoms with Gasteiger partial charge in [-0.1, -0.05) is 0 Å². The molecule has 0 aromatic heterocycles. The molecule has 0 heterocycles. The molecule has 2 rings (SSSR count). The van der Waals surface area contributed by atoms with Crippen LogP contribution in [0, 0.1) is 0 Å². The van der Waals surface area contributed by atoms with Gasteiger partial charge in [-0.25, -0.2) is 0 Å². The SMILES string of the molecule is CC(=NCCCCN=C(C)c1cc(O)cc(Br)c1O)c1cc(O)cc(Br)c1O.[Co]. The van der Waals surface area contributed by atoms with E-state index in [4.69, 9.17) is 0 Å². The first-order valence-electron chi connectivity index (χ1n) is 8.66. The van der Waals surface area contributed by atoms with Gasteiger partial charge in [0, 0.05) is 52.4 Å². The van der Waals surface area contributed by atoms with Gasteiger partial charge in [-0.15, -0.1) is 0 Å². The van der Waals surface area contributed by atoms with Crippen LogP contribution in [0.4, 0.5) is 0 Å². The van der Waals surface area contributed by atoms with Crippen molar-refractivity contribution in [2.75, 3.05) is 13.1 Å². The van der Waals surface area contributed by atoms with Gasteiger partial charge in [0.1, 0.15) is 23.0 Å². The third-order valence-corrected chi connectivity index (χ3v) is 5.35. The molecule has 0 aliphatic carbocycles. The molecule has 0 saturated heterocycles. The summed E-state index contributed by atoms with van der Waals surface area (Å²) in [6, 6.07) is 5.81. The molecule has 0 saturated carbocycles. The number of rotatable bonds is 7. The predicted molar refractivity (Wildman–Crippen MR) is 118 cm³/mol. The zero-order valence-electron chi connectivity index (χ0n) is 15.9. The molecule has 4 N–H and O–H groups in total. The normalized spacial score (nSPS) is 12.0. The van der Waals surface area contributed by atoms with E-state index in [1.165, 1.54) is 24.3 Å². The standard InChI is InChI=1S/C20H22Br2N2O4.Co/c1-11(15-7-13(25)9-17(21)19(15)27)23-5-3-4-6-24-12(2)16-8-14(26)10-18(22)20(16)28;/h7-10,25-28H,3-6H2,1-2H3;. The Bertz CT molecular complexity index is 858. The molecule has 0 aliphatic heterocycles. The maximum absolute atomic E-state index is 10.1. The van der Waals surface area contributed by atoms with Gasteiger partial charge in [0.15, 0.2) is 0 Å². The second-order valence-electron chi connectivity index (χ2n) is 6.29. The maximum Gasteiger partial charge on any atom is 0.139 e. The Balaban J connectivity index is 0.00000420. The summed E-state index contributed by atoms with van der Waals surface area (Å²) in [6.45, 7) is 4.70. The van der Waals surface area contributed by atoms with Crippen LogP contribution in [0.5, 0.6) is 23.0 Å². The molecule has 29 heavy (non-hydrogen) atoms. The van der Waals surface area contributed by atoms with Crippen molar-refractivity contribution in [3.63, 3.8) is 0 Å². The summed E-state index contributed by atoms with van der Waals surface area (Å²) in [7, 11) is 0. The van der Waals surface area contributed by atoms with E-state index in [0.717, 1.165) is 12.8 Å². The van der Waals surface area contributed by atoms with Gasteiger partial charge in [0.25, 0.3) is 0 Å². The van der Waals surface area contributed by atoms with Crippen molar-refractivity contribution in [3.05, 3.63) is 44.3 Å². The van der Waals surface area contributed by atoms with Gasteiger partial charge in [0.05, 0.1) is 8.95 Å². The number of phenols is 4. The molecule has 0 spiro atoms. The van der Waals surface area contributed by atoms with Gasteiger partial charge in [-0.05, 0) is 82.8 Å². The van der Waals surface area contributed by atoms with Crippen molar-refractivity contribution < 1.29 is 37.2 Å². The van der Waals surface area contributed by atoms with E-state index in [1.807, 2.05) is 0 Å². The Hall–Kier alpha value is -1.55. The molecule has 0 bridgehead atoms. The average molecular weight is 573 g/mol. The number of phenolic OH excluding ortho intramolecular Hbond substituents is 4. The number of nitrogens with zero attached hydrogens (tertiary/aromatic N) is 2. The largest absolute Gasteiger partial charge is 0.508 e. The summed E-state index contributed by atoms with van der Waals surface area (Å²) in [4.78, 5) is 8.89. The van der Waals surface area contributed by atoms with Gasteiger partial charge in [-0.3, -0.25) is 9.98 Å². The minimum absolute atomic E-state index is 0. The number of unbranched alkanes of at least 4 members (excludes halogenated alkanes) is 1. The number of aromatic hydroxyl groups is 4. The molecule has 0 fully saturated rings. The minimum atomic E-state index is 0. The van der Waals surface area contributed by atoms with Crippen LogP contribution >= 0.6 is 31.9 Å². The van der Waals surface area contributed by atoms with E-state index >= 15 is 0 Å². The summed E-state index contributed by atoms with van der Waals surface area (Å²) in [5.41, 5.74) is 2.27. The maximum atomic E-state index is 10.1. The second-order valence-corrected chi connectivity index (χ2v) is 8.00. The van der Waals surface area contributed by atoms with Crippen molar-refractivity contribution in [2.24, 2.45) is 9.98 Å². The number of benzene rings is 2. The van der Waals surface area contributed by atoms with Gasteiger partial charge in [0.2, 0.25) is 0 Å². The van der Waals surface area contributed by atoms with E-state index < -0.39 is 0 Å². The van der Waals surface area contributed by atoms with Gasteiger partial charge in [-0.2, -0.15) is 0 Å². The van der Waals surface area contributed by atoms with Crippen LogP contribution in [0.2, 0.25) is 0 Å². The molecule has 0 atom stereocenters. The molecule has 2 aromatic carbocycles. The number of hydrogen-bond donors (Lipinski definition) is 4. The van der Waals surface area contributed by atoms with Crippen molar-refractivity contribution in [3.8, 4) is 23.0 Å². The molecular weight excluding hydrogens is 551 g/mol. The molecule has 6 nitrogen and oxygen atoms in total. The first kappa shape index (κ1) is 25.5. The van der Waals surface area contributed by atoms with Crippen molar-refractivity contribution in [1.82, 2.24) is 0 Å². The van der Waals surface area contributed by atoms with Crippen molar-refractivity contribution in [2.45, 2.75) is 26.7 Å². The quantitative estimate of drug-likeness (QED) is 0.210. The van der Waals surface area contributed by atoms with E-state index in [2.05, 4.69) is 41.8 Å². The van der Waals surface area contributed by atoms with Crippen molar-refractivity contribution in [1.29, 1.82) is 0 Å². The molecule has 0 unspecified atom stereocenters. The fourth-order valence-electron chi connectivity index (χ4n) is 2.61. The Morgan fingerprint density at radius 2 is 1.07 bits per heavy atom. The first-order valence-corrected chi connectivity index (χ1v) is 10.2. The molecule has 0 amide bonds. The Morgan fingerprint density at radius 1 is 0.724 bits per heavy atom. The topological polar surface area (TPSA) is 106 Å². The fourth-order valence-corrected chi connectivity index (χ4v) is 3.50. The van der Waals surface area contributed by atoms with Crippen LogP contribution in [0.3, 0.4) is 0 Å². The summed E-state index contributed by atoms with van der Waals surface area (Å²) >= 11 is 6.40. The number of hydrogen-bond acceptors (Lipinski definition) is 6. The van der Waals surface area contributed by atoms with E-state index in [0.29, 0.717) is 44.6 Å². The molecule has 0 aliphatic rings. The second kappa shape index (κ2) is 11.6. The van der Waals surface area contributed by atoms with Crippen LogP contribution in [-0.2, 0) is 16.8 Å². The van der Waals surface area contributed by atoms with E-state index in [1.54, 1.807) is 13.8 Å². The Labute approximate surface area is 196 Å². The van der Waals surface area contributed by atoms with Crippen LogP contribution in [0.15, 0.2) is 43.2 Å². The minimum Gasteiger partial charge on any atom is -0.508 e. The van der Waals surface area contributed by atoms with Crippen LogP contribution < -0.4 is 0 Å². The molecule has 9 heteroatoms. The molecular formula is C20H22Br2CoN2O4. The van der Waals surface area contributed by atoms with E-state index in [9.17, 15) is 20.4 Å². The van der Waals surface area contributed by atoms with Gasteiger partial charge >= 0.3 is 0 Å². The number of aliphatic imine (C=N–C) groups is 2. The number of halogens is 2. The monoisotopic (exact) mass is 571 g/mol. The zero-order valence-corrected chi connectivity index (χ0v) is 20.1. The van der Waals surface area contributed by atoms with Crippen molar-refractivity contribution >= 4 is 43.3 Å². The Kier molecular flexibility index (Phi) is 10.2. The predicted octanol–water partition coefficient (Wildman–Crippen LogP) is 5.13. The molecule has 159 valence electrons. The smallest absolute Gasteiger partial charge is 0.139 e. The fraction of sp³-hybridized carbons (Fsp3) is 0.300. The first-order chi connectivity index (χ1) is 13.2. The average Bonchev–Trinajstić information content (AvgIpc) is 2.63. The third kappa shape index (κ3) is 7.02.